The fourth-order valence-corrected chi connectivity index (χ4v) is 2.45. The molecule has 2 rings (SSSR count). The third kappa shape index (κ3) is 3.79. The van der Waals surface area contributed by atoms with Gasteiger partial charge in [0, 0.05) is 0 Å². The van der Waals surface area contributed by atoms with Crippen LogP contribution in [-0.4, -0.2) is 7.11 Å². The normalized spacial score (nSPS) is 12.2. The average molecular weight is 316 g/mol. The number of hydrogen-bond donors (Lipinski definition) is 0. The van der Waals surface area contributed by atoms with Gasteiger partial charge in [-0.1, -0.05) is 41.4 Å². The summed E-state index contributed by atoms with van der Waals surface area (Å²) in [5.41, 5.74) is 2.07. The largest absolute Gasteiger partial charge is 0.497 e. The van der Waals surface area contributed by atoms with E-state index >= 15 is 0 Å². The van der Waals surface area contributed by atoms with Crippen molar-refractivity contribution in [1.29, 1.82) is 0 Å². The summed E-state index contributed by atoms with van der Waals surface area (Å²) in [4.78, 5) is 0. The first-order valence-electron chi connectivity index (χ1n) is 5.82. The van der Waals surface area contributed by atoms with Gasteiger partial charge in [0.25, 0.3) is 0 Å². The van der Waals surface area contributed by atoms with Gasteiger partial charge in [0.15, 0.2) is 0 Å². The Morgan fingerprint density at radius 3 is 2.53 bits per heavy atom. The van der Waals surface area contributed by atoms with Crippen LogP contribution in [0.25, 0.3) is 0 Å². The molecule has 0 amide bonds. The molecule has 0 saturated heterocycles. The minimum absolute atomic E-state index is 0.151. The lowest BCUT2D eigenvalue weighted by molar-refractivity contribution is 0.414. The van der Waals surface area contributed by atoms with Crippen molar-refractivity contribution in [2.24, 2.45) is 0 Å². The second-order valence-electron chi connectivity index (χ2n) is 4.20. The molecule has 19 heavy (non-hydrogen) atoms. The van der Waals surface area contributed by atoms with E-state index in [1.54, 1.807) is 13.2 Å². The van der Waals surface area contributed by atoms with E-state index in [-0.39, 0.29) is 5.38 Å². The monoisotopic (exact) mass is 314 g/mol. The molecule has 2 aromatic rings. The lowest BCUT2D eigenvalue weighted by Crippen LogP contribution is -1.96. The summed E-state index contributed by atoms with van der Waals surface area (Å²) < 4.78 is 5.20. The van der Waals surface area contributed by atoms with Crippen LogP contribution in [0, 0.1) is 0 Å². The highest BCUT2D eigenvalue weighted by Gasteiger charge is 2.11. The zero-order valence-corrected chi connectivity index (χ0v) is 12.6. The van der Waals surface area contributed by atoms with Crippen molar-refractivity contribution in [2.75, 3.05) is 7.11 Å². The van der Waals surface area contributed by atoms with Gasteiger partial charge in [-0.25, -0.2) is 0 Å². The van der Waals surface area contributed by atoms with Crippen molar-refractivity contribution in [3.63, 3.8) is 0 Å². The summed E-state index contributed by atoms with van der Waals surface area (Å²) in [5, 5.41) is 0.910. The number of methoxy groups -OCH3 is 1. The number of halogens is 3. The lowest BCUT2D eigenvalue weighted by Gasteiger charge is -2.11. The molecule has 0 bridgehead atoms. The molecular weight excluding hydrogens is 303 g/mol. The van der Waals surface area contributed by atoms with Crippen molar-refractivity contribution >= 4 is 34.8 Å². The summed E-state index contributed by atoms with van der Waals surface area (Å²) in [5.74, 6) is 0.829. The molecule has 1 atom stereocenters. The quantitative estimate of drug-likeness (QED) is 0.675. The third-order valence-electron chi connectivity index (χ3n) is 2.85. The highest BCUT2D eigenvalue weighted by molar-refractivity contribution is 6.42. The summed E-state index contributed by atoms with van der Waals surface area (Å²) in [7, 11) is 1.65. The van der Waals surface area contributed by atoms with Crippen LogP contribution in [0.5, 0.6) is 5.75 Å². The van der Waals surface area contributed by atoms with E-state index in [0.29, 0.717) is 16.5 Å². The van der Waals surface area contributed by atoms with Crippen LogP contribution in [0.4, 0.5) is 0 Å². The maximum atomic E-state index is 6.42. The lowest BCUT2D eigenvalue weighted by atomic mass is 10.0. The maximum absolute atomic E-state index is 6.42. The smallest absolute Gasteiger partial charge is 0.119 e. The van der Waals surface area contributed by atoms with Crippen molar-refractivity contribution in [3.05, 3.63) is 63.6 Å². The van der Waals surface area contributed by atoms with Crippen LogP contribution in [-0.2, 0) is 6.42 Å². The van der Waals surface area contributed by atoms with Gasteiger partial charge in [-0.05, 0) is 41.8 Å². The van der Waals surface area contributed by atoms with Crippen LogP contribution in [0.1, 0.15) is 16.5 Å². The van der Waals surface area contributed by atoms with Crippen molar-refractivity contribution < 1.29 is 4.74 Å². The molecule has 0 fully saturated rings. The summed E-state index contributed by atoms with van der Waals surface area (Å²) in [6.45, 7) is 0. The fourth-order valence-electron chi connectivity index (χ4n) is 1.83. The molecule has 2 aromatic carbocycles. The Morgan fingerprint density at radius 1 is 1.05 bits per heavy atom. The predicted octanol–water partition coefficient (Wildman–Crippen LogP) is 5.52. The molecule has 1 unspecified atom stereocenters. The number of benzene rings is 2. The van der Waals surface area contributed by atoms with Crippen LogP contribution in [0.3, 0.4) is 0 Å². The first-order valence-corrected chi connectivity index (χ1v) is 7.01. The fraction of sp³-hybridized carbons (Fsp3) is 0.200. The zero-order valence-electron chi connectivity index (χ0n) is 10.4. The van der Waals surface area contributed by atoms with Crippen LogP contribution in [0.2, 0.25) is 10.0 Å². The Morgan fingerprint density at radius 2 is 1.84 bits per heavy atom. The second-order valence-corrected chi connectivity index (χ2v) is 5.54. The van der Waals surface area contributed by atoms with E-state index in [2.05, 4.69) is 0 Å². The van der Waals surface area contributed by atoms with E-state index in [9.17, 15) is 0 Å². The van der Waals surface area contributed by atoms with Gasteiger partial charge in [-0.3, -0.25) is 0 Å². The van der Waals surface area contributed by atoms with Gasteiger partial charge < -0.3 is 4.74 Å². The Bertz CT molecular complexity index is 569. The number of hydrogen-bond acceptors (Lipinski definition) is 1. The van der Waals surface area contributed by atoms with Gasteiger partial charge in [0.05, 0.1) is 22.5 Å². The van der Waals surface area contributed by atoms with Crippen LogP contribution >= 0.6 is 34.8 Å². The summed E-state index contributed by atoms with van der Waals surface area (Å²) >= 11 is 18.3. The molecule has 0 aromatic heterocycles. The second kappa shape index (κ2) is 6.51. The van der Waals surface area contributed by atoms with Crippen LogP contribution in [0.15, 0.2) is 42.5 Å². The highest BCUT2D eigenvalue weighted by atomic mass is 35.5. The van der Waals surface area contributed by atoms with Crippen molar-refractivity contribution in [1.82, 2.24) is 0 Å². The molecule has 4 heteroatoms. The Hall–Kier alpha value is -0.890. The molecule has 100 valence electrons. The molecule has 0 N–H and O–H groups in total. The third-order valence-corrected chi connectivity index (χ3v) is 4.00. The molecule has 0 saturated carbocycles. The molecule has 0 spiro atoms. The molecule has 0 aliphatic rings. The summed E-state index contributed by atoms with van der Waals surface area (Å²) in [6.07, 6.45) is 0.705. The molecular formula is C15H13Cl3O. The SMILES string of the molecule is COc1cccc(CC(Cl)c2ccc(Cl)c(Cl)c2)c1. The molecule has 0 aliphatic carbocycles. The van der Waals surface area contributed by atoms with Gasteiger partial charge in [0.2, 0.25) is 0 Å². The topological polar surface area (TPSA) is 9.23 Å². The molecule has 0 aliphatic heterocycles. The predicted molar refractivity (Wildman–Crippen MR) is 81.8 cm³/mol. The molecule has 0 heterocycles. The molecule has 1 nitrogen and oxygen atoms in total. The first-order chi connectivity index (χ1) is 9.10. The maximum Gasteiger partial charge on any atom is 0.119 e. The number of alkyl halides is 1. The minimum Gasteiger partial charge on any atom is -0.497 e. The Balaban J connectivity index is 2.15. The average Bonchev–Trinajstić information content (AvgIpc) is 2.42. The van der Waals surface area contributed by atoms with E-state index < -0.39 is 0 Å². The highest BCUT2D eigenvalue weighted by Crippen LogP contribution is 2.31. The van der Waals surface area contributed by atoms with Gasteiger partial charge in [0.1, 0.15) is 5.75 Å². The van der Waals surface area contributed by atoms with Crippen molar-refractivity contribution in [3.8, 4) is 5.75 Å². The number of ether oxygens (including phenoxy) is 1. The van der Waals surface area contributed by atoms with Crippen LogP contribution < -0.4 is 4.74 Å². The first kappa shape index (κ1) is 14.5. The van der Waals surface area contributed by atoms with E-state index in [0.717, 1.165) is 16.9 Å². The van der Waals surface area contributed by atoms with Gasteiger partial charge >= 0.3 is 0 Å². The number of rotatable bonds is 4. The zero-order chi connectivity index (χ0) is 13.8. The Kier molecular flexibility index (Phi) is 4.98. The van der Waals surface area contributed by atoms with E-state index in [4.69, 9.17) is 39.5 Å². The van der Waals surface area contributed by atoms with Crippen molar-refractivity contribution in [2.45, 2.75) is 11.8 Å². The van der Waals surface area contributed by atoms with E-state index in [1.165, 1.54) is 0 Å². The Labute approximate surface area is 128 Å². The van der Waals surface area contributed by atoms with Gasteiger partial charge in [-0.2, -0.15) is 0 Å². The molecule has 0 radical (unpaired) electrons. The van der Waals surface area contributed by atoms with E-state index in [1.807, 2.05) is 36.4 Å². The summed E-state index contributed by atoms with van der Waals surface area (Å²) in [6, 6.07) is 13.3. The minimum atomic E-state index is -0.151. The van der Waals surface area contributed by atoms with Gasteiger partial charge in [-0.15, -0.1) is 11.6 Å². The standard InChI is InChI=1S/C15H13Cl3O/c1-19-12-4-2-3-10(7-12)8-14(17)11-5-6-13(16)15(18)9-11/h2-7,9,14H,8H2,1H3.